The molecule has 0 aliphatic carbocycles. The van der Waals surface area contributed by atoms with E-state index in [0.717, 1.165) is 53.2 Å². The fraction of sp³-hybridized carbons (Fsp3) is 0.192. The smallest absolute Gasteiger partial charge is 0.226 e. The van der Waals surface area contributed by atoms with Crippen LogP contribution in [0.15, 0.2) is 72.9 Å². The first kappa shape index (κ1) is 20.6. The highest BCUT2D eigenvalue weighted by atomic mass is 35.5. The van der Waals surface area contributed by atoms with Crippen molar-refractivity contribution in [1.82, 2.24) is 15.0 Å². The molecule has 2 aromatic heterocycles. The van der Waals surface area contributed by atoms with E-state index in [-0.39, 0.29) is 5.82 Å². The minimum atomic E-state index is -0.264. The van der Waals surface area contributed by atoms with Crippen molar-refractivity contribution >= 4 is 17.5 Å². The second-order valence-corrected chi connectivity index (χ2v) is 8.45. The van der Waals surface area contributed by atoms with Crippen molar-refractivity contribution in [2.75, 3.05) is 11.4 Å². The van der Waals surface area contributed by atoms with Gasteiger partial charge in [0, 0.05) is 35.5 Å². The topological polar surface area (TPSA) is 41.9 Å². The average molecular weight is 445 g/mol. The van der Waals surface area contributed by atoms with Gasteiger partial charge in [-0.1, -0.05) is 35.9 Å². The zero-order valence-electron chi connectivity index (χ0n) is 17.7. The maximum atomic E-state index is 13.5. The standard InChI is InChI=1S/C26H22ClFN4/c1-17-4-3-15-32(17)26-30-23(16-24(31-26)19-10-12-21(28)13-11-19)18-6-8-20(9-7-18)25-22(27)5-2-14-29-25/h2,5-14,16-17H,3-4,15H2,1H3. The molecule has 0 bridgehead atoms. The monoisotopic (exact) mass is 444 g/mol. The molecule has 0 radical (unpaired) electrons. The van der Waals surface area contributed by atoms with Crippen molar-refractivity contribution < 1.29 is 4.39 Å². The van der Waals surface area contributed by atoms with Gasteiger partial charge in [0.15, 0.2) is 0 Å². The number of benzene rings is 2. The Hall–Kier alpha value is -3.31. The number of nitrogens with zero attached hydrogens (tertiary/aromatic N) is 4. The number of hydrogen-bond donors (Lipinski definition) is 0. The van der Waals surface area contributed by atoms with E-state index < -0.39 is 0 Å². The Morgan fingerprint density at radius 3 is 2.12 bits per heavy atom. The lowest BCUT2D eigenvalue weighted by Crippen LogP contribution is -2.28. The number of anilines is 1. The number of halogens is 2. The van der Waals surface area contributed by atoms with Crippen LogP contribution in [0.5, 0.6) is 0 Å². The Kier molecular flexibility index (Phi) is 5.58. The molecule has 2 aromatic carbocycles. The number of hydrogen-bond acceptors (Lipinski definition) is 4. The molecule has 6 heteroatoms. The molecule has 1 atom stereocenters. The van der Waals surface area contributed by atoms with E-state index >= 15 is 0 Å². The van der Waals surface area contributed by atoms with E-state index in [9.17, 15) is 4.39 Å². The maximum absolute atomic E-state index is 13.5. The molecule has 1 unspecified atom stereocenters. The van der Waals surface area contributed by atoms with Gasteiger partial charge < -0.3 is 4.90 Å². The van der Waals surface area contributed by atoms with Crippen LogP contribution >= 0.6 is 11.6 Å². The highest BCUT2D eigenvalue weighted by Crippen LogP contribution is 2.31. The molecule has 5 rings (SSSR count). The summed E-state index contributed by atoms with van der Waals surface area (Å²) in [4.78, 5) is 16.4. The van der Waals surface area contributed by atoms with E-state index in [4.69, 9.17) is 21.6 Å². The molecule has 1 saturated heterocycles. The highest BCUT2D eigenvalue weighted by Gasteiger charge is 2.24. The number of rotatable bonds is 4. The first-order valence-corrected chi connectivity index (χ1v) is 11.1. The van der Waals surface area contributed by atoms with E-state index in [1.54, 1.807) is 18.3 Å². The normalized spacial score (nSPS) is 15.8. The SMILES string of the molecule is CC1CCCN1c1nc(-c2ccc(F)cc2)cc(-c2ccc(-c3ncccc3Cl)cc2)n1. The minimum Gasteiger partial charge on any atom is -0.338 e. The van der Waals surface area contributed by atoms with Gasteiger partial charge in [-0.05, 0) is 62.2 Å². The molecule has 160 valence electrons. The third-order valence-electron chi connectivity index (χ3n) is 5.88. The van der Waals surface area contributed by atoms with Crippen LogP contribution in [-0.4, -0.2) is 27.5 Å². The molecule has 1 aliphatic rings. The van der Waals surface area contributed by atoms with Crippen molar-refractivity contribution in [2.45, 2.75) is 25.8 Å². The first-order chi connectivity index (χ1) is 15.6. The van der Waals surface area contributed by atoms with E-state index in [1.165, 1.54) is 12.1 Å². The van der Waals surface area contributed by atoms with Crippen LogP contribution in [0.3, 0.4) is 0 Å². The van der Waals surface area contributed by atoms with Crippen molar-refractivity contribution in [3.05, 3.63) is 83.8 Å². The molecule has 4 nitrogen and oxygen atoms in total. The molecule has 3 heterocycles. The summed E-state index contributed by atoms with van der Waals surface area (Å²) in [6.07, 6.45) is 3.98. The summed E-state index contributed by atoms with van der Waals surface area (Å²) in [5.41, 5.74) is 5.13. The molecule has 1 aliphatic heterocycles. The summed E-state index contributed by atoms with van der Waals surface area (Å²) in [6, 6.07) is 20.5. The van der Waals surface area contributed by atoms with Gasteiger partial charge in [0.25, 0.3) is 0 Å². The van der Waals surface area contributed by atoms with Gasteiger partial charge in [-0.2, -0.15) is 0 Å². The van der Waals surface area contributed by atoms with Crippen LogP contribution in [0.4, 0.5) is 10.3 Å². The summed E-state index contributed by atoms with van der Waals surface area (Å²) in [5, 5.41) is 0.617. The molecule has 0 N–H and O–H groups in total. The van der Waals surface area contributed by atoms with Crippen molar-refractivity contribution in [3.63, 3.8) is 0 Å². The Labute approximate surface area is 191 Å². The molecular formula is C26H22ClFN4. The minimum absolute atomic E-state index is 0.264. The molecule has 1 fully saturated rings. The lowest BCUT2D eigenvalue weighted by atomic mass is 10.0. The lowest BCUT2D eigenvalue weighted by Gasteiger charge is -2.22. The van der Waals surface area contributed by atoms with Crippen LogP contribution < -0.4 is 4.90 Å². The fourth-order valence-electron chi connectivity index (χ4n) is 4.11. The molecule has 4 aromatic rings. The summed E-state index contributed by atoms with van der Waals surface area (Å²) in [5.74, 6) is 0.448. The van der Waals surface area contributed by atoms with E-state index in [2.05, 4.69) is 16.8 Å². The third-order valence-corrected chi connectivity index (χ3v) is 6.18. The molecule has 0 amide bonds. The first-order valence-electron chi connectivity index (χ1n) is 10.7. The van der Waals surface area contributed by atoms with Crippen LogP contribution in [-0.2, 0) is 0 Å². The Bertz CT molecular complexity index is 1240. The fourth-order valence-corrected chi connectivity index (χ4v) is 4.34. The van der Waals surface area contributed by atoms with Gasteiger partial charge >= 0.3 is 0 Å². The second kappa shape index (κ2) is 8.67. The predicted molar refractivity (Wildman–Crippen MR) is 127 cm³/mol. The van der Waals surface area contributed by atoms with Crippen molar-refractivity contribution in [3.8, 4) is 33.8 Å². The second-order valence-electron chi connectivity index (χ2n) is 8.04. The van der Waals surface area contributed by atoms with Gasteiger partial charge in [0.2, 0.25) is 5.95 Å². The van der Waals surface area contributed by atoms with Gasteiger partial charge in [-0.25, -0.2) is 14.4 Å². The Balaban J connectivity index is 1.57. The van der Waals surface area contributed by atoms with Crippen LogP contribution in [0, 0.1) is 5.82 Å². The molecular weight excluding hydrogens is 423 g/mol. The van der Waals surface area contributed by atoms with Gasteiger partial charge in [0.1, 0.15) is 5.82 Å². The summed E-state index contributed by atoms with van der Waals surface area (Å²) in [6.45, 7) is 3.14. The van der Waals surface area contributed by atoms with Crippen LogP contribution in [0.1, 0.15) is 19.8 Å². The van der Waals surface area contributed by atoms with Crippen LogP contribution in [0.25, 0.3) is 33.8 Å². The van der Waals surface area contributed by atoms with E-state index in [0.29, 0.717) is 17.0 Å². The Morgan fingerprint density at radius 2 is 1.53 bits per heavy atom. The zero-order valence-corrected chi connectivity index (χ0v) is 18.4. The predicted octanol–water partition coefficient (Wildman–Crippen LogP) is 6.65. The van der Waals surface area contributed by atoms with Crippen molar-refractivity contribution in [2.24, 2.45) is 0 Å². The number of aromatic nitrogens is 3. The van der Waals surface area contributed by atoms with E-state index in [1.807, 2.05) is 42.5 Å². The zero-order chi connectivity index (χ0) is 22.1. The largest absolute Gasteiger partial charge is 0.338 e. The lowest BCUT2D eigenvalue weighted by molar-refractivity contribution is 0.628. The Morgan fingerprint density at radius 1 is 0.906 bits per heavy atom. The maximum Gasteiger partial charge on any atom is 0.226 e. The molecule has 32 heavy (non-hydrogen) atoms. The van der Waals surface area contributed by atoms with Gasteiger partial charge in [-0.3, -0.25) is 4.98 Å². The summed E-state index contributed by atoms with van der Waals surface area (Å²) < 4.78 is 13.5. The van der Waals surface area contributed by atoms with Crippen LogP contribution in [0.2, 0.25) is 5.02 Å². The van der Waals surface area contributed by atoms with Gasteiger partial charge in [-0.15, -0.1) is 0 Å². The molecule has 0 spiro atoms. The average Bonchev–Trinajstić information content (AvgIpc) is 3.26. The summed E-state index contributed by atoms with van der Waals surface area (Å²) >= 11 is 6.31. The van der Waals surface area contributed by atoms with Crippen molar-refractivity contribution in [1.29, 1.82) is 0 Å². The quantitative estimate of drug-likeness (QED) is 0.353. The third kappa shape index (κ3) is 4.08. The highest BCUT2D eigenvalue weighted by molar-refractivity contribution is 6.33. The number of pyridine rings is 1. The summed E-state index contributed by atoms with van der Waals surface area (Å²) in [7, 11) is 0. The molecule has 0 saturated carbocycles. The van der Waals surface area contributed by atoms with Gasteiger partial charge in [0.05, 0.1) is 22.1 Å².